The Kier molecular flexibility index (Phi) is 5.21. The number of nitrogens with zero attached hydrogens (tertiary/aromatic N) is 1. The van der Waals surface area contributed by atoms with Crippen LogP contribution in [0.25, 0.3) is 0 Å². The van der Waals surface area contributed by atoms with Crippen LogP contribution in [0.1, 0.15) is 19.3 Å². The first kappa shape index (κ1) is 17.0. The van der Waals surface area contributed by atoms with E-state index in [0.717, 1.165) is 19.3 Å². The second-order valence-corrected chi connectivity index (χ2v) is 8.17. The van der Waals surface area contributed by atoms with Gasteiger partial charge >= 0.3 is 0 Å². The lowest BCUT2D eigenvalue weighted by Gasteiger charge is -2.29. The summed E-state index contributed by atoms with van der Waals surface area (Å²) in [5, 5.41) is 0.444. The maximum atomic E-state index is 12.7. The smallest absolute Gasteiger partial charge is 0.243 e. The van der Waals surface area contributed by atoms with Crippen molar-refractivity contribution in [1.29, 1.82) is 0 Å². The summed E-state index contributed by atoms with van der Waals surface area (Å²) in [5.41, 5.74) is 6.15. The molecule has 1 saturated heterocycles. The fourth-order valence-corrected chi connectivity index (χ4v) is 5.28. The van der Waals surface area contributed by atoms with E-state index in [1.807, 2.05) is 0 Å². The number of sulfonamides is 1. The topological polar surface area (TPSA) is 63.4 Å². The molecule has 0 spiro atoms. The standard InChI is InChI=1S/C14H19ClN2O2S.ClH/c15-11-4-2-5-12(7-11)20(18,19)17-8-10-3-1-6-14(16)13(10)9-17;/h2,4-5,7,10,13-14H,1,3,6,8-9,16H2;1H. The zero-order valence-electron chi connectivity index (χ0n) is 11.6. The normalized spacial score (nSPS) is 29.7. The number of rotatable bonds is 2. The molecular weight excluding hydrogens is 331 g/mol. The molecule has 1 heterocycles. The van der Waals surface area contributed by atoms with Crippen molar-refractivity contribution in [2.75, 3.05) is 13.1 Å². The SMILES string of the molecule is Cl.NC1CCCC2CN(S(=O)(=O)c3cccc(Cl)c3)CC12. The average Bonchev–Trinajstić information content (AvgIpc) is 2.85. The molecule has 3 rings (SSSR count). The number of hydrogen-bond donors (Lipinski definition) is 1. The predicted octanol–water partition coefficient (Wildman–Crippen LogP) is 2.51. The largest absolute Gasteiger partial charge is 0.327 e. The van der Waals surface area contributed by atoms with E-state index in [4.69, 9.17) is 17.3 Å². The summed E-state index contributed by atoms with van der Waals surface area (Å²) in [7, 11) is -3.45. The first-order chi connectivity index (χ1) is 9.48. The highest BCUT2D eigenvalue weighted by molar-refractivity contribution is 7.89. The molecule has 0 radical (unpaired) electrons. The van der Waals surface area contributed by atoms with Gasteiger partial charge in [0.25, 0.3) is 0 Å². The molecule has 2 aliphatic rings. The van der Waals surface area contributed by atoms with Crippen LogP contribution in [0.2, 0.25) is 5.02 Å². The molecule has 118 valence electrons. The minimum Gasteiger partial charge on any atom is -0.327 e. The molecule has 0 amide bonds. The summed E-state index contributed by atoms with van der Waals surface area (Å²) < 4.78 is 26.9. The van der Waals surface area contributed by atoms with Crippen molar-refractivity contribution >= 4 is 34.0 Å². The van der Waals surface area contributed by atoms with Gasteiger partial charge in [-0.25, -0.2) is 8.42 Å². The number of halogens is 2. The van der Waals surface area contributed by atoms with E-state index in [0.29, 0.717) is 29.9 Å². The van der Waals surface area contributed by atoms with Gasteiger partial charge in [-0.2, -0.15) is 4.31 Å². The molecule has 1 aliphatic carbocycles. The lowest BCUT2D eigenvalue weighted by Crippen LogP contribution is -2.38. The van der Waals surface area contributed by atoms with Crippen molar-refractivity contribution in [3.63, 3.8) is 0 Å². The van der Waals surface area contributed by atoms with E-state index in [2.05, 4.69) is 0 Å². The van der Waals surface area contributed by atoms with E-state index in [-0.39, 0.29) is 23.3 Å². The molecule has 1 saturated carbocycles. The second-order valence-electron chi connectivity index (χ2n) is 5.80. The molecule has 2 fully saturated rings. The third kappa shape index (κ3) is 3.22. The molecular formula is C14H20Cl2N2O2S. The summed E-state index contributed by atoms with van der Waals surface area (Å²) in [4.78, 5) is 0.275. The Balaban J connectivity index is 0.00000161. The van der Waals surface area contributed by atoms with Crippen LogP contribution in [0, 0.1) is 11.8 Å². The van der Waals surface area contributed by atoms with Crippen LogP contribution in [0.4, 0.5) is 0 Å². The van der Waals surface area contributed by atoms with Crippen LogP contribution in [-0.4, -0.2) is 31.9 Å². The van der Waals surface area contributed by atoms with E-state index < -0.39 is 10.0 Å². The number of fused-ring (bicyclic) bond motifs is 1. The molecule has 7 heteroatoms. The van der Waals surface area contributed by atoms with Gasteiger partial charge in [-0.1, -0.05) is 24.1 Å². The van der Waals surface area contributed by atoms with E-state index in [1.54, 1.807) is 22.5 Å². The van der Waals surface area contributed by atoms with Crippen molar-refractivity contribution in [3.8, 4) is 0 Å². The van der Waals surface area contributed by atoms with Crippen LogP contribution in [0.15, 0.2) is 29.2 Å². The van der Waals surface area contributed by atoms with Crippen LogP contribution in [0.3, 0.4) is 0 Å². The van der Waals surface area contributed by atoms with Crippen molar-refractivity contribution in [1.82, 2.24) is 4.31 Å². The Morgan fingerprint density at radius 2 is 2.00 bits per heavy atom. The Labute approximate surface area is 137 Å². The fourth-order valence-electron chi connectivity index (χ4n) is 3.45. The highest BCUT2D eigenvalue weighted by Crippen LogP contribution is 2.37. The van der Waals surface area contributed by atoms with Gasteiger partial charge in [0.2, 0.25) is 10.0 Å². The second kappa shape index (κ2) is 6.42. The maximum Gasteiger partial charge on any atom is 0.243 e. The molecule has 4 nitrogen and oxygen atoms in total. The highest BCUT2D eigenvalue weighted by atomic mass is 35.5. The van der Waals surface area contributed by atoms with Crippen LogP contribution in [0.5, 0.6) is 0 Å². The van der Waals surface area contributed by atoms with Gasteiger partial charge in [-0.3, -0.25) is 0 Å². The Hall–Kier alpha value is -0.330. The third-order valence-corrected chi connectivity index (χ3v) is 6.62. The van der Waals surface area contributed by atoms with E-state index in [1.165, 1.54) is 6.07 Å². The van der Waals surface area contributed by atoms with Gasteiger partial charge in [0, 0.05) is 24.2 Å². The van der Waals surface area contributed by atoms with Crippen molar-refractivity contribution < 1.29 is 8.42 Å². The first-order valence-electron chi connectivity index (χ1n) is 7.00. The summed E-state index contributed by atoms with van der Waals surface area (Å²) >= 11 is 5.90. The monoisotopic (exact) mass is 350 g/mol. The minimum absolute atomic E-state index is 0. The van der Waals surface area contributed by atoms with Crippen molar-refractivity contribution in [3.05, 3.63) is 29.3 Å². The molecule has 2 N–H and O–H groups in total. The van der Waals surface area contributed by atoms with E-state index in [9.17, 15) is 8.42 Å². The lowest BCUT2D eigenvalue weighted by atomic mass is 9.78. The Bertz CT molecular complexity index is 609. The summed E-state index contributed by atoms with van der Waals surface area (Å²) in [5.74, 6) is 0.713. The third-order valence-electron chi connectivity index (χ3n) is 4.55. The zero-order valence-corrected chi connectivity index (χ0v) is 14.0. The van der Waals surface area contributed by atoms with Gasteiger partial charge in [-0.15, -0.1) is 12.4 Å². The highest BCUT2D eigenvalue weighted by Gasteiger charge is 2.43. The quantitative estimate of drug-likeness (QED) is 0.891. The van der Waals surface area contributed by atoms with Crippen LogP contribution >= 0.6 is 24.0 Å². The molecule has 0 bridgehead atoms. The van der Waals surface area contributed by atoms with Crippen molar-refractivity contribution in [2.24, 2.45) is 17.6 Å². The number of hydrogen-bond acceptors (Lipinski definition) is 3. The predicted molar refractivity (Wildman–Crippen MR) is 86.3 cm³/mol. The Morgan fingerprint density at radius 1 is 1.24 bits per heavy atom. The Morgan fingerprint density at radius 3 is 2.67 bits per heavy atom. The fraction of sp³-hybridized carbons (Fsp3) is 0.571. The molecule has 21 heavy (non-hydrogen) atoms. The maximum absolute atomic E-state index is 12.7. The van der Waals surface area contributed by atoms with Gasteiger partial charge in [0.05, 0.1) is 4.90 Å². The number of benzene rings is 1. The number of nitrogens with two attached hydrogens (primary N) is 1. The molecule has 1 aromatic carbocycles. The first-order valence-corrected chi connectivity index (χ1v) is 8.81. The summed E-state index contributed by atoms with van der Waals surface area (Å²) in [6, 6.07) is 6.60. The zero-order chi connectivity index (χ0) is 14.3. The van der Waals surface area contributed by atoms with Crippen LogP contribution < -0.4 is 5.73 Å². The molecule has 1 aliphatic heterocycles. The molecule has 3 atom stereocenters. The van der Waals surface area contributed by atoms with Gasteiger partial charge in [0.15, 0.2) is 0 Å². The summed E-state index contributed by atoms with van der Waals surface area (Å²) in [6.45, 7) is 1.13. The summed E-state index contributed by atoms with van der Waals surface area (Å²) in [6.07, 6.45) is 3.19. The van der Waals surface area contributed by atoms with Gasteiger partial charge < -0.3 is 5.73 Å². The average molecular weight is 351 g/mol. The molecule has 3 unspecified atom stereocenters. The lowest BCUT2D eigenvalue weighted by molar-refractivity contribution is 0.260. The molecule has 1 aromatic rings. The van der Waals surface area contributed by atoms with Crippen LogP contribution in [-0.2, 0) is 10.0 Å². The van der Waals surface area contributed by atoms with Gasteiger partial charge in [-0.05, 0) is 42.9 Å². The van der Waals surface area contributed by atoms with Gasteiger partial charge in [0.1, 0.15) is 0 Å². The molecule has 0 aromatic heterocycles. The van der Waals surface area contributed by atoms with E-state index >= 15 is 0 Å². The minimum atomic E-state index is -3.45. The van der Waals surface area contributed by atoms with Crippen molar-refractivity contribution in [2.45, 2.75) is 30.2 Å².